The van der Waals surface area contributed by atoms with Crippen molar-refractivity contribution in [3.05, 3.63) is 41.8 Å². The fourth-order valence-corrected chi connectivity index (χ4v) is 1.49. The maximum absolute atomic E-state index is 10.4. The quantitative estimate of drug-likeness (QED) is 0.879. The molecule has 5 heteroatoms. The molecule has 0 amide bonds. The highest BCUT2D eigenvalue weighted by Gasteiger charge is 2.05. The number of nitrogens with zero attached hydrogens (tertiary/aromatic N) is 1. The maximum Gasteiger partial charge on any atom is 0.303 e. The Morgan fingerprint density at radius 3 is 2.67 bits per heavy atom. The molecule has 94 valence electrons. The lowest BCUT2D eigenvalue weighted by atomic mass is 10.1. The highest BCUT2D eigenvalue weighted by atomic mass is 16.5. The first kappa shape index (κ1) is 12.2. The minimum Gasteiger partial charge on any atom is -0.481 e. The fourth-order valence-electron chi connectivity index (χ4n) is 1.49. The molecule has 1 N–H and O–H groups in total. The van der Waals surface area contributed by atoms with Gasteiger partial charge in [-0.1, -0.05) is 17.3 Å². The number of ether oxygens (including phenoxy) is 1. The predicted octanol–water partition coefficient (Wildman–Crippen LogP) is 2.79. The summed E-state index contributed by atoms with van der Waals surface area (Å²) in [5.41, 5.74) is 0.965. The molecule has 0 fully saturated rings. The van der Waals surface area contributed by atoms with E-state index in [4.69, 9.17) is 14.4 Å². The van der Waals surface area contributed by atoms with E-state index in [2.05, 4.69) is 5.16 Å². The van der Waals surface area contributed by atoms with Gasteiger partial charge in [0.15, 0.2) is 11.5 Å². The zero-order valence-electron chi connectivity index (χ0n) is 9.92. The van der Waals surface area contributed by atoms with Crippen molar-refractivity contribution in [3.8, 4) is 11.5 Å². The van der Waals surface area contributed by atoms with Crippen LogP contribution in [0.2, 0.25) is 0 Å². The number of carbonyl (C=O) groups is 1. The number of carboxylic acid groups (broad SMARTS) is 1. The third kappa shape index (κ3) is 3.10. The van der Waals surface area contributed by atoms with Crippen molar-refractivity contribution in [2.75, 3.05) is 0 Å². The summed E-state index contributed by atoms with van der Waals surface area (Å²) < 4.78 is 10.4. The van der Waals surface area contributed by atoms with Crippen molar-refractivity contribution in [1.82, 2.24) is 5.16 Å². The molecule has 1 aromatic carbocycles. The Morgan fingerprint density at radius 2 is 2.11 bits per heavy atom. The molecule has 2 aromatic rings. The van der Waals surface area contributed by atoms with Gasteiger partial charge >= 0.3 is 5.97 Å². The molecule has 0 saturated heterocycles. The van der Waals surface area contributed by atoms with Crippen molar-refractivity contribution in [3.63, 3.8) is 0 Å². The summed E-state index contributed by atoms with van der Waals surface area (Å²) in [7, 11) is 0. The predicted molar refractivity (Wildman–Crippen MR) is 63.7 cm³/mol. The van der Waals surface area contributed by atoms with Gasteiger partial charge in [0.2, 0.25) is 0 Å². The van der Waals surface area contributed by atoms with E-state index in [1.54, 1.807) is 19.1 Å². The lowest BCUT2D eigenvalue weighted by molar-refractivity contribution is -0.136. The second-order valence-electron chi connectivity index (χ2n) is 3.89. The number of aromatic nitrogens is 1. The van der Waals surface area contributed by atoms with Crippen LogP contribution in [-0.4, -0.2) is 16.2 Å². The van der Waals surface area contributed by atoms with Gasteiger partial charge in [0.05, 0.1) is 0 Å². The highest BCUT2D eigenvalue weighted by molar-refractivity contribution is 5.67. The zero-order chi connectivity index (χ0) is 13.0. The average molecular weight is 247 g/mol. The molecule has 1 aromatic heterocycles. The summed E-state index contributed by atoms with van der Waals surface area (Å²) >= 11 is 0. The topological polar surface area (TPSA) is 72.6 Å². The molecule has 5 nitrogen and oxygen atoms in total. The Labute approximate surface area is 104 Å². The molecule has 0 aliphatic heterocycles. The second kappa shape index (κ2) is 5.35. The molecule has 0 aliphatic carbocycles. The number of aliphatic carboxylic acids is 1. The Bertz CT molecular complexity index is 530. The average Bonchev–Trinajstić information content (AvgIpc) is 2.74. The molecule has 0 unspecified atom stereocenters. The van der Waals surface area contributed by atoms with E-state index in [-0.39, 0.29) is 6.42 Å². The third-order valence-electron chi connectivity index (χ3n) is 2.49. The summed E-state index contributed by atoms with van der Waals surface area (Å²) in [6.45, 7) is 1.77. The number of benzene rings is 1. The molecule has 0 aliphatic rings. The zero-order valence-corrected chi connectivity index (χ0v) is 9.92. The van der Waals surface area contributed by atoms with Gasteiger partial charge in [-0.15, -0.1) is 0 Å². The summed E-state index contributed by atoms with van der Waals surface area (Å²) in [5.74, 6) is 1.06. The summed E-state index contributed by atoms with van der Waals surface area (Å²) in [4.78, 5) is 10.4. The third-order valence-corrected chi connectivity index (χ3v) is 2.49. The molecule has 1 heterocycles. The van der Waals surface area contributed by atoms with Crippen LogP contribution in [0.5, 0.6) is 11.5 Å². The number of hydrogen-bond donors (Lipinski definition) is 1. The van der Waals surface area contributed by atoms with Crippen LogP contribution in [0, 0.1) is 6.92 Å². The van der Waals surface area contributed by atoms with Crippen LogP contribution in [0.4, 0.5) is 0 Å². The van der Waals surface area contributed by atoms with Crippen LogP contribution in [0.25, 0.3) is 0 Å². The van der Waals surface area contributed by atoms with E-state index in [9.17, 15) is 4.79 Å². The molecule has 0 atom stereocenters. The van der Waals surface area contributed by atoms with E-state index in [0.29, 0.717) is 23.7 Å². The minimum absolute atomic E-state index is 0.130. The molecular weight excluding hydrogens is 234 g/mol. The Balaban J connectivity index is 1.99. The molecule has 0 radical (unpaired) electrons. The lowest BCUT2D eigenvalue weighted by Crippen LogP contribution is -1.97. The number of aryl methyl sites for hydroxylation is 2. The second-order valence-corrected chi connectivity index (χ2v) is 3.89. The molecular formula is C13H13NO4. The van der Waals surface area contributed by atoms with Gasteiger partial charge in [0.25, 0.3) is 0 Å². The smallest absolute Gasteiger partial charge is 0.303 e. The summed E-state index contributed by atoms with van der Waals surface area (Å²) in [6, 6.07) is 7.29. The van der Waals surface area contributed by atoms with E-state index in [1.165, 1.54) is 6.20 Å². The van der Waals surface area contributed by atoms with Crippen molar-refractivity contribution in [2.45, 2.75) is 19.8 Å². The SMILES string of the molecule is Cc1oncc1Oc1ccc(CCC(=O)O)cc1. The normalized spacial score (nSPS) is 10.3. The first-order valence-corrected chi connectivity index (χ1v) is 5.55. The molecule has 0 spiro atoms. The van der Waals surface area contributed by atoms with Crippen LogP contribution in [-0.2, 0) is 11.2 Å². The van der Waals surface area contributed by atoms with Gasteiger partial charge in [-0.25, -0.2) is 0 Å². The Kier molecular flexibility index (Phi) is 3.62. The van der Waals surface area contributed by atoms with Gasteiger partial charge in [-0.05, 0) is 24.1 Å². The van der Waals surface area contributed by atoms with E-state index in [0.717, 1.165) is 5.56 Å². The monoisotopic (exact) mass is 247 g/mol. The van der Waals surface area contributed by atoms with E-state index >= 15 is 0 Å². The van der Waals surface area contributed by atoms with Gasteiger partial charge in [-0.2, -0.15) is 0 Å². The number of hydrogen-bond acceptors (Lipinski definition) is 4. The number of carboxylic acids is 1. The lowest BCUT2D eigenvalue weighted by Gasteiger charge is -2.04. The Hall–Kier alpha value is -2.30. The van der Waals surface area contributed by atoms with Crippen LogP contribution in [0.15, 0.2) is 35.0 Å². The van der Waals surface area contributed by atoms with Crippen LogP contribution in [0.1, 0.15) is 17.7 Å². The van der Waals surface area contributed by atoms with Crippen molar-refractivity contribution in [2.24, 2.45) is 0 Å². The molecule has 0 saturated carbocycles. The largest absolute Gasteiger partial charge is 0.481 e. The molecule has 18 heavy (non-hydrogen) atoms. The first-order valence-electron chi connectivity index (χ1n) is 5.55. The molecule has 0 bridgehead atoms. The first-order chi connectivity index (χ1) is 8.65. The van der Waals surface area contributed by atoms with Crippen LogP contribution >= 0.6 is 0 Å². The maximum atomic E-state index is 10.4. The van der Waals surface area contributed by atoms with Crippen molar-refractivity contribution in [1.29, 1.82) is 0 Å². The number of rotatable bonds is 5. The van der Waals surface area contributed by atoms with Gasteiger partial charge in [-0.3, -0.25) is 4.79 Å². The van der Waals surface area contributed by atoms with Crippen molar-refractivity contribution < 1.29 is 19.2 Å². The van der Waals surface area contributed by atoms with Crippen LogP contribution < -0.4 is 4.74 Å². The van der Waals surface area contributed by atoms with E-state index < -0.39 is 5.97 Å². The summed E-state index contributed by atoms with van der Waals surface area (Å²) in [5, 5.41) is 12.2. The van der Waals surface area contributed by atoms with Gasteiger partial charge in [0.1, 0.15) is 11.9 Å². The van der Waals surface area contributed by atoms with Crippen molar-refractivity contribution >= 4 is 5.97 Å². The molecule has 2 rings (SSSR count). The Morgan fingerprint density at radius 1 is 1.39 bits per heavy atom. The highest BCUT2D eigenvalue weighted by Crippen LogP contribution is 2.24. The van der Waals surface area contributed by atoms with Gasteiger partial charge in [0, 0.05) is 13.3 Å². The van der Waals surface area contributed by atoms with E-state index in [1.807, 2.05) is 12.1 Å². The fraction of sp³-hybridized carbons (Fsp3) is 0.231. The summed E-state index contributed by atoms with van der Waals surface area (Å²) in [6.07, 6.45) is 2.15. The van der Waals surface area contributed by atoms with Gasteiger partial charge < -0.3 is 14.4 Å². The minimum atomic E-state index is -0.796. The van der Waals surface area contributed by atoms with Crippen LogP contribution in [0.3, 0.4) is 0 Å². The standard InChI is InChI=1S/C13H13NO4/c1-9-12(8-14-18-9)17-11-5-2-10(3-6-11)4-7-13(15)16/h2-3,5-6,8H,4,7H2,1H3,(H,15,16).